The number of fused-ring (bicyclic) bond motifs is 1. The van der Waals surface area contributed by atoms with Crippen molar-refractivity contribution in [3.8, 4) is 0 Å². The summed E-state index contributed by atoms with van der Waals surface area (Å²) in [6.07, 6.45) is 6.76. The molecule has 7 heteroatoms. The molecule has 2 aromatic carbocycles. The van der Waals surface area contributed by atoms with Crippen LogP contribution in [0.5, 0.6) is 0 Å². The lowest BCUT2D eigenvalue weighted by molar-refractivity contribution is -0.384. The molecule has 0 saturated carbocycles. The summed E-state index contributed by atoms with van der Waals surface area (Å²) in [6, 6.07) is 14.3. The van der Waals surface area contributed by atoms with Crippen LogP contribution in [0.25, 0.3) is 6.08 Å². The Labute approximate surface area is 167 Å². The van der Waals surface area contributed by atoms with E-state index in [1.807, 2.05) is 23.5 Å². The van der Waals surface area contributed by atoms with Crippen LogP contribution in [-0.4, -0.2) is 44.5 Å². The second-order valence-corrected chi connectivity index (χ2v) is 8.76. The minimum absolute atomic E-state index is 0.00397. The molecule has 2 aromatic rings. The zero-order chi connectivity index (χ0) is 19.7. The van der Waals surface area contributed by atoms with Crippen LogP contribution < -0.4 is 0 Å². The van der Waals surface area contributed by atoms with E-state index in [0.717, 1.165) is 18.7 Å². The van der Waals surface area contributed by atoms with Crippen molar-refractivity contribution in [1.29, 1.82) is 0 Å². The average Bonchev–Trinajstić information content (AvgIpc) is 3.26. The number of non-ortho nitro benzene ring substituents is 1. The van der Waals surface area contributed by atoms with Gasteiger partial charge in [-0.1, -0.05) is 36.4 Å². The van der Waals surface area contributed by atoms with Crippen molar-refractivity contribution in [2.45, 2.75) is 29.8 Å². The van der Waals surface area contributed by atoms with E-state index in [1.165, 1.54) is 30.5 Å². The highest BCUT2D eigenvalue weighted by molar-refractivity contribution is 7.82. The number of likely N-dealkylation sites (tertiary alicyclic amines) is 1. The van der Waals surface area contributed by atoms with Crippen molar-refractivity contribution in [3.05, 3.63) is 75.8 Å². The number of hydrogen-bond acceptors (Lipinski definition) is 4. The highest BCUT2D eigenvalue weighted by Crippen LogP contribution is 2.37. The predicted molar refractivity (Wildman–Crippen MR) is 110 cm³/mol. The van der Waals surface area contributed by atoms with E-state index < -0.39 is 15.9 Å². The van der Waals surface area contributed by atoms with E-state index in [9.17, 15) is 14.3 Å². The summed E-state index contributed by atoms with van der Waals surface area (Å²) in [7, 11) is 0.451. The maximum absolute atomic E-state index is 13.3. The summed E-state index contributed by atoms with van der Waals surface area (Å²) in [5.74, 6) is 0. The van der Waals surface area contributed by atoms with Crippen molar-refractivity contribution >= 4 is 22.7 Å². The molecule has 146 valence electrons. The van der Waals surface area contributed by atoms with E-state index in [0.29, 0.717) is 4.90 Å². The van der Waals surface area contributed by atoms with Crippen molar-refractivity contribution in [2.24, 2.45) is 0 Å². The molecular formula is C21H23N3O3S. The van der Waals surface area contributed by atoms with Gasteiger partial charge in [-0.3, -0.25) is 15.0 Å². The van der Waals surface area contributed by atoms with Gasteiger partial charge in [-0.05, 0) is 49.2 Å². The van der Waals surface area contributed by atoms with Crippen LogP contribution in [0.3, 0.4) is 0 Å². The molecule has 3 atom stereocenters. The van der Waals surface area contributed by atoms with Crippen LogP contribution >= 0.6 is 0 Å². The molecule has 2 aliphatic rings. The van der Waals surface area contributed by atoms with Gasteiger partial charge in [0, 0.05) is 25.2 Å². The van der Waals surface area contributed by atoms with Crippen molar-refractivity contribution in [2.75, 3.05) is 20.1 Å². The van der Waals surface area contributed by atoms with Gasteiger partial charge in [0.2, 0.25) is 0 Å². The molecule has 1 fully saturated rings. The minimum atomic E-state index is -1.43. The van der Waals surface area contributed by atoms with Gasteiger partial charge < -0.3 is 0 Å². The summed E-state index contributed by atoms with van der Waals surface area (Å²) >= 11 is 0. The Hall–Kier alpha value is -2.35. The fourth-order valence-corrected chi connectivity index (χ4v) is 5.30. The topological polar surface area (TPSA) is 66.7 Å². The van der Waals surface area contributed by atoms with Gasteiger partial charge in [0.15, 0.2) is 0 Å². The molecule has 1 unspecified atom stereocenters. The Morgan fingerprint density at radius 3 is 2.46 bits per heavy atom. The Kier molecular flexibility index (Phi) is 5.39. The first-order valence-corrected chi connectivity index (χ1v) is 10.6. The molecule has 0 amide bonds. The fourth-order valence-electron chi connectivity index (χ4n) is 4.15. The van der Waals surface area contributed by atoms with Gasteiger partial charge >= 0.3 is 0 Å². The SMILES string of the molecule is CN([C@@H]1c2ccccc2C=C[C@H]1N1CCCC1)S(=O)c1ccc([N+](=O)[O-])cc1. The Morgan fingerprint density at radius 1 is 1.11 bits per heavy atom. The quantitative estimate of drug-likeness (QED) is 0.569. The normalized spacial score (nSPS) is 22.9. The van der Waals surface area contributed by atoms with Gasteiger partial charge in [-0.2, -0.15) is 0 Å². The lowest BCUT2D eigenvalue weighted by Crippen LogP contribution is -2.45. The third-order valence-corrected chi connectivity index (χ3v) is 7.00. The maximum Gasteiger partial charge on any atom is 0.269 e. The van der Waals surface area contributed by atoms with Gasteiger partial charge in [-0.25, -0.2) is 8.51 Å². The zero-order valence-electron chi connectivity index (χ0n) is 15.7. The zero-order valence-corrected chi connectivity index (χ0v) is 16.5. The molecule has 0 bridgehead atoms. The van der Waals surface area contributed by atoms with Crippen LogP contribution in [0.1, 0.15) is 30.0 Å². The second-order valence-electron chi connectivity index (χ2n) is 7.21. The third-order valence-electron chi connectivity index (χ3n) is 5.58. The first kappa shape index (κ1) is 19.0. The van der Waals surface area contributed by atoms with E-state index in [2.05, 4.69) is 29.2 Å². The molecule has 4 rings (SSSR count). The van der Waals surface area contributed by atoms with Crippen molar-refractivity contribution in [1.82, 2.24) is 9.21 Å². The highest BCUT2D eigenvalue weighted by atomic mass is 32.2. The largest absolute Gasteiger partial charge is 0.295 e. The summed E-state index contributed by atoms with van der Waals surface area (Å²) in [6.45, 7) is 2.09. The number of rotatable bonds is 5. The number of likely N-dealkylation sites (N-methyl/N-ethyl adjacent to an activating group) is 1. The Bertz CT molecular complexity index is 923. The van der Waals surface area contributed by atoms with Gasteiger partial charge in [-0.15, -0.1) is 0 Å². The maximum atomic E-state index is 13.3. The average molecular weight is 398 g/mol. The number of nitrogens with zero attached hydrogens (tertiary/aromatic N) is 3. The van der Waals surface area contributed by atoms with E-state index in [4.69, 9.17) is 0 Å². The molecule has 0 N–H and O–H groups in total. The first-order chi connectivity index (χ1) is 13.6. The smallest absolute Gasteiger partial charge is 0.269 e. The lowest BCUT2D eigenvalue weighted by atomic mass is 9.88. The van der Waals surface area contributed by atoms with Crippen LogP contribution in [-0.2, 0) is 11.0 Å². The standard InChI is InChI=1S/C21H23N3O3S/c1-22(28(27)18-11-9-17(10-12-18)24(25)26)21-19-7-3-2-6-16(19)8-13-20(21)23-14-4-5-15-23/h2-3,6-13,20-21H,4-5,14-15H2,1H3/t20-,21-,28?/m1/s1. The van der Waals surface area contributed by atoms with Crippen LogP contribution in [0.4, 0.5) is 5.69 Å². The van der Waals surface area contributed by atoms with E-state index >= 15 is 0 Å². The second kappa shape index (κ2) is 7.95. The predicted octanol–water partition coefficient (Wildman–Crippen LogP) is 3.78. The third kappa shape index (κ3) is 3.53. The Balaban J connectivity index is 1.67. The van der Waals surface area contributed by atoms with Crippen molar-refractivity contribution < 1.29 is 9.13 Å². The summed E-state index contributed by atoms with van der Waals surface area (Å²) in [5.41, 5.74) is 2.32. The lowest BCUT2D eigenvalue weighted by Gasteiger charge is -2.40. The van der Waals surface area contributed by atoms with Gasteiger partial charge in [0.25, 0.3) is 5.69 Å². The minimum Gasteiger partial charge on any atom is -0.295 e. The van der Waals surface area contributed by atoms with Gasteiger partial charge in [0.05, 0.1) is 15.9 Å². The van der Waals surface area contributed by atoms with Crippen LogP contribution in [0.15, 0.2) is 59.5 Å². The molecule has 1 saturated heterocycles. The number of nitro benzene ring substituents is 1. The summed E-state index contributed by atoms with van der Waals surface area (Å²) in [5, 5.41) is 10.9. The molecular weight excluding hydrogens is 374 g/mol. The molecule has 0 spiro atoms. The molecule has 1 aliphatic carbocycles. The first-order valence-electron chi connectivity index (χ1n) is 9.46. The molecule has 1 heterocycles. The Morgan fingerprint density at radius 2 is 1.79 bits per heavy atom. The van der Waals surface area contributed by atoms with Crippen LogP contribution in [0.2, 0.25) is 0 Å². The number of benzene rings is 2. The van der Waals surface area contributed by atoms with Crippen LogP contribution in [0, 0.1) is 10.1 Å². The molecule has 0 aromatic heterocycles. The molecule has 0 radical (unpaired) electrons. The fraction of sp³-hybridized carbons (Fsp3) is 0.333. The molecule has 1 aliphatic heterocycles. The number of hydrogen-bond donors (Lipinski definition) is 0. The highest BCUT2D eigenvalue weighted by Gasteiger charge is 2.36. The van der Waals surface area contributed by atoms with Gasteiger partial charge in [0.1, 0.15) is 11.0 Å². The monoisotopic (exact) mass is 397 g/mol. The van der Waals surface area contributed by atoms with E-state index in [-0.39, 0.29) is 17.8 Å². The van der Waals surface area contributed by atoms with Crippen molar-refractivity contribution in [3.63, 3.8) is 0 Å². The summed E-state index contributed by atoms with van der Waals surface area (Å²) < 4.78 is 15.2. The summed E-state index contributed by atoms with van der Waals surface area (Å²) in [4.78, 5) is 13.5. The molecule has 28 heavy (non-hydrogen) atoms. The molecule has 6 nitrogen and oxygen atoms in total. The number of nitro groups is 1. The van der Waals surface area contributed by atoms with E-state index in [1.54, 1.807) is 12.1 Å².